The van der Waals surface area contributed by atoms with E-state index in [0.717, 1.165) is 6.07 Å². The molecule has 1 aromatic heterocycles. The van der Waals surface area contributed by atoms with Crippen LogP contribution < -0.4 is 0 Å². The number of nitrogens with one attached hydrogen (secondary N) is 1. The second kappa shape index (κ2) is 3.22. The topological polar surface area (TPSA) is 96.7 Å². The van der Waals surface area contributed by atoms with Crippen LogP contribution in [0.4, 0.5) is 0 Å². The van der Waals surface area contributed by atoms with Crippen molar-refractivity contribution in [3.8, 4) is 23.0 Å². The van der Waals surface area contributed by atoms with Crippen molar-refractivity contribution >= 4 is 21.8 Å². The summed E-state index contributed by atoms with van der Waals surface area (Å²) in [4.78, 5) is 2.85. The van der Waals surface area contributed by atoms with Crippen LogP contribution in [-0.2, 0) is 0 Å². The van der Waals surface area contributed by atoms with Gasteiger partial charge in [-0.15, -0.1) is 0 Å². The fourth-order valence-electron chi connectivity index (χ4n) is 2.19. The lowest BCUT2D eigenvalue weighted by Gasteiger charge is -2.02. The molecule has 5 heteroatoms. The highest BCUT2D eigenvalue weighted by atomic mass is 16.3. The number of H-pyrrole nitrogens is 1. The summed E-state index contributed by atoms with van der Waals surface area (Å²) in [5.74, 6) is -0.853. The van der Waals surface area contributed by atoms with Gasteiger partial charge in [0, 0.05) is 11.5 Å². The zero-order valence-electron chi connectivity index (χ0n) is 9.52. The molecule has 0 fully saturated rings. The minimum absolute atomic E-state index is 0.0574. The van der Waals surface area contributed by atoms with Crippen molar-refractivity contribution in [2.75, 3.05) is 0 Å². The largest absolute Gasteiger partial charge is 0.506 e. The van der Waals surface area contributed by atoms with Gasteiger partial charge < -0.3 is 25.4 Å². The molecule has 0 radical (unpaired) electrons. The van der Waals surface area contributed by atoms with E-state index in [-0.39, 0.29) is 28.2 Å². The van der Waals surface area contributed by atoms with Gasteiger partial charge in [-0.3, -0.25) is 0 Å². The van der Waals surface area contributed by atoms with Crippen molar-refractivity contribution in [2.24, 2.45) is 0 Å². The predicted molar refractivity (Wildman–Crippen MR) is 67.2 cm³/mol. The number of benzene rings is 2. The number of fused-ring (bicyclic) bond motifs is 3. The van der Waals surface area contributed by atoms with Gasteiger partial charge in [-0.2, -0.15) is 0 Å². The molecule has 0 amide bonds. The highest BCUT2D eigenvalue weighted by molar-refractivity contribution is 6.14. The molecule has 3 rings (SSSR count). The number of phenolic OH excluding ortho intramolecular Hbond substituents is 4. The predicted octanol–water partition coefficient (Wildman–Crippen LogP) is 2.45. The first-order valence-corrected chi connectivity index (χ1v) is 5.38. The molecule has 0 saturated heterocycles. The number of aromatic nitrogens is 1. The number of aromatic amines is 1. The number of hydrogen-bond acceptors (Lipinski definition) is 4. The van der Waals surface area contributed by atoms with E-state index >= 15 is 0 Å². The molecule has 0 bridgehead atoms. The Morgan fingerprint density at radius 2 is 1.61 bits per heavy atom. The molecule has 0 unspecified atom stereocenters. The SMILES string of the molecule is Cc1ccc2c([nH]c3c(O)cc(O)c(O)c32)c1O. The summed E-state index contributed by atoms with van der Waals surface area (Å²) in [7, 11) is 0. The highest BCUT2D eigenvalue weighted by Crippen LogP contribution is 2.44. The number of phenols is 4. The van der Waals surface area contributed by atoms with E-state index in [1.807, 2.05) is 0 Å². The Morgan fingerprint density at radius 3 is 2.33 bits per heavy atom. The number of rotatable bonds is 0. The third-order valence-corrected chi connectivity index (χ3v) is 3.16. The van der Waals surface area contributed by atoms with Gasteiger partial charge in [-0.1, -0.05) is 12.1 Å². The van der Waals surface area contributed by atoms with Crippen LogP contribution in [0.3, 0.4) is 0 Å². The van der Waals surface area contributed by atoms with Crippen LogP contribution in [0, 0.1) is 6.92 Å². The van der Waals surface area contributed by atoms with E-state index in [1.54, 1.807) is 19.1 Å². The summed E-state index contributed by atoms with van der Waals surface area (Å²) >= 11 is 0. The molecule has 5 nitrogen and oxygen atoms in total. The monoisotopic (exact) mass is 245 g/mol. The van der Waals surface area contributed by atoms with Crippen LogP contribution >= 0.6 is 0 Å². The first kappa shape index (κ1) is 10.6. The molecule has 0 aliphatic heterocycles. The van der Waals surface area contributed by atoms with Gasteiger partial charge in [0.25, 0.3) is 0 Å². The van der Waals surface area contributed by atoms with Crippen molar-refractivity contribution in [2.45, 2.75) is 6.92 Å². The van der Waals surface area contributed by atoms with Crippen molar-refractivity contribution < 1.29 is 20.4 Å². The molecule has 0 atom stereocenters. The van der Waals surface area contributed by atoms with Crippen LogP contribution in [0.2, 0.25) is 0 Å². The summed E-state index contributed by atoms with van der Waals surface area (Å²) in [6.07, 6.45) is 0. The lowest BCUT2D eigenvalue weighted by Crippen LogP contribution is -1.76. The molecule has 3 aromatic rings. The molecule has 2 aromatic carbocycles. The Morgan fingerprint density at radius 1 is 0.889 bits per heavy atom. The van der Waals surface area contributed by atoms with Gasteiger partial charge in [0.05, 0.1) is 16.4 Å². The fourth-order valence-corrected chi connectivity index (χ4v) is 2.19. The van der Waals surface area contributed by atoms with Crippen molar-refractivity contribution in [1.29, 1.82) is 0 Å². The normalized spacial score (nSPS) is 11.4. The summed E-state index contributed by atoms with van der Waals surface area (Å²) in [6.45, 7) is 1.75. The van der Waals surface area contributed by atoms with Gasteiger partial charge in [0.1, 0.15) is 11.5 Å². The molecule has 0 aliphatic rings. The van der Waals surface area contributed by atoms with E-state index in [0.29, 0.717) is 16.5 Å². The third kappa shape index (κ3) is 1.15. The minimum Gasteiger partial charge on any atom is -0.506 e. The molecule has 1 heterocycles. The molecule has 5 N–H and O–H groups in total. The standard InChI is InChI=1S/C13H11NO4/c1-5-2-3-6-9-11(14-10(6)12(5)17)7(15)4-8(16)13(9)18/h2-4,14-18H,1H3. The van der Waals surface area contributed by atoms with Gasteiger partial charge in [0.2, 0.25) is 0 Å². The highest BCUT2D eigenvalue weighted by Gasteiger charge is 2.18. The second-order valence-electron chi connectivity index (χ2n) is 4.29. The fraction of sp³-hybridized carbons (Fsp3) is 0.0769. The maximum atomic E-state index is 9.95. The van der Waals surface area contributed by atoms with Crippen LogP contribution in [0.25, 0.3) is 21.8 Å². The molecule has 0 saturated carbocycles. The van der Waals surface area contributed by atoms with E-state index in [4.69, 9.17) is 0 Å². The molecule has 92 valence electrons. The molecule has 0 aliphatic carbocycles. The summed E-state index contributed by atoms with van der Waals surface area (Å²) in [5, 5.41) is 39.9. The quantitative estimate of drug-likeness (QED) is 0.310. The Hall–Kier alpha value is -2.56. The lowest BCUT2D eigenvalue weighted by atomic mass is 10.1. The minimum atomic E-state index is -0.402. The lowest BCUT2D eigenvalue weighted by molar-refractivity contribution is 0.402. The smallest absolute Gasteiger partial charge is 0.167 e. The number of aryl methyl sites for hydroxylation is 1. The van der Waals surface area contributed by atoms with Gasteiger partial charge >= 0.3 is 0 Å². The number of hydrogen-bond donors (Lipinski definition) is 5. The molecular formula is C13H11NO4. The van der Waals surface area contributed by atoms with Crippen LogP contribution in [0.15, 0.2) is 18.2 Å². The van der Waals surface area contributed by atoms with E-state index in [9.17, 15) is 20.4 Å². The van der Waals surface area contributed by atoms with Crippen LogP contribution in [0.5, 0.6) is 23.0 Å². The molecular weight excluding hydrogens is 234 g/mol. The van der Waals surface area contributed by atoms with E-state index < -0.39 is 5.75 Å². The molecule has 18 heavy (non-hydrogen) atoms. The van der Waals surface area contributed by atoms with Gasteiger partial charge in [-0.25, -0.2) is 0 Å². The Bertz CT molecular complexity index is 788. The number of aromatic hydroxyl groups is 4. The van der Waals surface area contributed by atoms with Crippen LogP contribution in [-0.4, -0.2) is 25.4 Å². The maximum Gasteiger partial charge on any atom is 0.167 e. The van der Waals surface area contributed by atoms with E-state index in [1.165, 1.54) is 0 Å². The maximum absolute atomic E-state index is 9.95. The Balaban J connectivity index is 2.64. The van der Waals surface area contributed by atoms with Crippen LogP contribution in [0.1, 0.15) is 5.56 Å². The van der Waals surface area contributed by atoms with Crippen molar-refractivity contribution in [3.05, 3.63) is 23.8 Å². The first-order valence-electron chi connectivity index (χ1n) is 5.38. The zero-order valence-corrected chi connectivity index (χ0v) is 9.52. The third-order valence-electron chi connectivity index (χ3n) is 3.16. The van der Waals surface area contributed by atoms with Gasteiger partial charge in [0.15, 0.2) is 11.5 Å². The van der Waals surface area contributed by atoms with Crippen molar-refractivity contribution in [1.82, 2.24) is 4.98 Å². The summed E-state index contributed by atoms with van der Waals surface area (Å²) in [6, 6.07) is 4.46. The Kier molecular flexibility index (Phi) is 1.90. The average Bonchev–Trinajstić information content (AvgIpc) is 2.72. The molecule has 0 spiro atoms. The van der Waals surface area contributed by atoms with E-state index in [2.05, 4.69) is 4.98 Å². The van der Waals surface area contributed by atoms with Gasteiger partial charge in [-0.05, 0) is 12.5 Å². The van der Waals surface area contributed by atoms with Crippen molar-refractivity contribution in [3.63, 3.8) is 0 Å². The Labute approximate surface area is 102 Å². The average molecular weight is 245 g/mol. The summed E-state index contributed by atoms with van der Waals surface area (Å²) in [5.41, 5.74) is 1.37. The zero-order chi connectivity index (χ0) is 13.0. The summed E-state index contributed by atoms with van der Waals surface area (Å²) < 4.78 is 0. The second-order valence-corrected chi connectivity index (χ2v) is 4.29. The first-order chi connectivity index (χ1) is 8.50.